The highest BCUT2D eigenvalue weighted by atomic mass is 16.2. The molecule has 17 heavy (non-hydrogen) atoms. The average Bonchev–Trinajstić information content (AvgIpc) is 2.35. The summed E-state index contributed by atoms with van der Waals surface area (Å²) in [5.41, 5.74) is 5.15. The van der Waals surface area contributed by atoms with Crippen molar-refractivity contribution in [3.8, 4) is 0 Å². The minimum Gasteiger partial charge on any atom is -0.346 e. The van der Waals surface area contributed by atoms with E-state index in [-0.39, 0.29) is 24.9 Å². The summed E-state index contributed by atoms with van der Waals surface area (Å²) >= 11 is 0. The third kappa shape index (κ3) is 4.32. The SMILES string of the molecule is CN(C)C1CCCN(C(=O)CNC(=O)CN)C1. The second kappa shape index (κ2) is 6.56. The first-order valence-corrected chi connectivity index (χ1v) is 5.95. The van der Waals surface area contributed by atoms with Gasteiger partial charge in [0.2, 0.25) is 11.8 Å². The molecule has 1 fully saturated rings. The molecule has 1 aliphatic rings. The number of piperidine rings is 1. The van der Waals surface area contributed by atoms with Crippen LogP contribution >= 0.6 is 0 Å². The van der Waals surface area contributed by atoms with Gasteiger partial charge in [0.25, 0.3) is 0 Å². The van der Waals surface area contributed by atoms with E-state index in [2.05, 4.69) is 10.2 Å². The van der Waals surface area contributed by atoms with Crippen LogP contribution in [0.1, 0.15) is 12.8 Å². The Kier molecular flexibility index (Phi) is 5.37. The Labute approximate surface area is 102 Å². The first-order chi connectivity index (χ1) is 8.04. The number of likely N-dealkylation sites (N-methyl/N-ethyl adjacent to an activating group) is 1. The van der Waals surface area contributed by atoms with Crippen molar-refractivity contribution < 1.29 is 9.59 Å². The fraction of sp³-hybridized carbons (Fsp3) is 0.818. The van der Waals surface area contributed by atoms with Crippen molar-refractivity contribution in [3.63, 3.8) is 0 Å². The summed E-state index contributed by atoms with van der Waals surface area (Å²) in [6, 6.07) is 0.415. The van der Waals surface area contributed by atoms with Crippen molar-refractivity contribution in [1.82, 2.24) is 15.1 Å². The highest BCUT2D eigenvalue weighted by Crippen LogP contribution is 2.13. The summed E-state index contributed by atoms with van der Waals surface area (Å²) < 4.78 is 0. The van der Waals surface area contributed by atoms with E-state index >= 15 is 0 Å². The normalized spacial score (nSPS) is 20.5. The van der Waals surface area contributed by atoms with E-state index < -0.39 is 0 Å². The van der Waals surface area contributed by atoms with Gasteiger partial charge in [-0.3, -0.25) is 9.59 Å². The van der Waals surface area contributed by atoms with Crippen molar-refractivity contribution in [2.75, 3.05) is 40.3 Å². The van der Waals surface area contributed by atoms with Gasteiger partial charge in [-0.2, -0.15) is 0 Å². The fourth-order valence-electron chi connectivity index (χ4n) is 1.96. The van der Waals surface area contributed by atoms with Crippen LogP contribution in [0.4, 0.5) is 0 Å². The smallest absolute Gasteiger partial charge is 0.242 e. The minimum absolute atomic E-state index is 0.0293. The van der Waals surface area contributed by atoms with Crippen LogP contribution in [0.2, 0.25) is 0 Å². The monoisotopic (exact) mass is 242 g/mol. The van der Waals surface area contributed by atoms with E-state index in [1.54, 1.807) is 0 Å². The maximum atomic E-state index is 11.8. The van der Waals surface area contributed by atoms with Gasteiger partial charge < -0.3 is 20.9 Å². The number of nitrogens with two attached hydrogens (primary N) is 1. The largest absolute Gasteiger partial charge is 0.346 e. The van der Waals surface area contributed by atoms with Gasteiger partial charge >= 0.3 is 0 Å². The molecule has 1 saturated heterocycles. The predicted molar refractivity (Wildman–Crippen MR) is 65.4 cm³/mol. The van der Waals surface area contributed by atoms with Crippen LogP contribution in [-0.4, -0.2) is 67.9 Å². The third-order valence-electron chi connectivity index (χ3n) is 3.10. The fourth-order valence-corrected chi connectivity index (χ4v) is 1.96. The van der Waals surface area contributed by atoms with Crippen molar-refractivity contribution in [2.24, 2.45) is 5.73 Å². The Balaban J connectivity index is 2.38. The molecule has 0 saturated carbocycles. The van der Waals surface area contributed by atoms with Gasteiger partial charge in [-0.05, 0) is 26.9 Å². The summed E-state index contributed by atoms with van der Waals surface area (Å²) in [5.74, 6) is -0.321. The lowest BCUT2D eigenvalue weighted by Crippen LogP contribution is -2.50. The Morgan fingerprint density at radius 2 is 2.18 bits per heavy atom. The molecule has 1 aliphatic heterocycles. The van der Waals surface area contributed by atoms with Crippen molar-refractivity contribution in [1.29, 1.82) is 0 Å². The molecular formula is C11H22N4O2. The van der Waals surface area contributed by atoms with Gasteiger partial charge in [0.15, 0.2) is 0 Å². The number of hydrogen-bond acceptors (Lipinski definition) is 4. The van der Waals surface area contributed by atoms with E-state index in [1.807, 2.05) is 19.0 Å². The van der Waals surface area contributed by atoms with Gasteiger partial charge in [-0.15, -0.1) is 0 Å². The zero-order chi connectivity index (χ0) is 12.8. The lowest BCUT2D eigenvalue weighted by Gasteiger charge is -2.36. The number of likely N-dealkylation sites (tertiary alicyclic amines) is 1. The summed E-state index contributed by atoms with van der Waals surface area (Å²) in [6.07, 6.45) is 2.13. The van der Waals surface area contributed by atoms with E-state index in [4.69, 9.17) is 5.73 Å². The van der Waals surface area contributed by atoms with Gasteiger partial charge in [-0.1, -0.05) is 0 Å². The first kappa shape index (κ1) is 13.9. The molecule has 3 N–H and O–H groups in total. The number of nitrogens with one attached hydrogen (secondary N) is 1. The molecule has 0 aliphatic carbocycles. The van der Waals surface area contributed by atoms with Crippen LogP contribution in [0.25, 0.3) is 0 Å². The lowest BCUT2D eigenvalue weighted by molar-refractivity contribution is -0.134. The standard InChI is InChI=1S/C11H22N4O2/c1-14(2)9-4-3-5-15(8-9)11(17)7-13-10(16)6-12/h9H,3-8,12H2,1-2H3,(H,13,16). The maximum absolute atomic E-state index is 11.8. The Morgan fingerprint density at radius 3 is 2.76 bits per heavy atom. The topological polar surface area (TPSA) is 78.7 Å². The van der Waals surface area contributed by atoms with E-state index in [0.29, 0.717) is 6.04 Å². The average molecular weight is 242 g/mol. The molecule has 0 radical (unpaired) electrons. The lowest BCUT2D eigenvalue weighted by atomic mass is 10.0. The number of amides is 2. The second-order valence-corrected chi connectivity index (χ2v) is 4.58. The van der Waals surface area contributed by atoms with Crippen LogP contribution < -0.4 is 11.1 Å². The van der Waals surface area contributed by atoms with Crippen LogP contribution in [0.15, 0.2) is 0 Å². The molecule has 0 aromatic rings. The number of carbonyl (C=O) groups is 2. The van der Waals surface area contributed by atoms with Gasteiger partial charge in [0.05, 0.1) is 13.1 Å². The van der Waals surface area contributed by atoms with E-state index in [9.17, 15) is 9.59 Å². The summed E-state index contributed by atoms with van der Waals surface area (Å²) in [5, 5.41) is 2.50. The highest BCUT2D eigenvalue weighted by molar-refractivity contribution is 5.85. The maximum Gasteiger partial charge on any atom is 0.242 e. The number of nitrogens with zero attached hydrogens (tertiary/aromatic N) is 2. The van der Waals surface area contributed by atoms with Crippen LogP contribution in [0, 0.1) is 0 Å². The third-order valence-corrected chi connectivity index (χ3v) is 3.10. The quantitative estimate of drug-likeness (QED) is 0.636. The van der Waals surface area contributed by atoms with Crippen LogP contribution in [-0.2, 0) is 9.59 Å². The molecule has 6 nitrogen and oxygen atoms in total. The summed E-state index contributed by atoms with van der Waals surface area (Å²) in [4.78, 5) is 26.7. The summed E-state index contributed by atoms with van der Waals surface area (Å²) in [7, 11) is 4.05. The van der Waals surface area contributed by atoms with Gasteiger partial charge in [-0.25, -0.2) is 0 Å². The number of carbonyl (C=O) groups excluding carboxylic acids is 2. The Hall–Kier alpha value is -1.14. The molecule has 1 rings (SSSR count). The van der Waals surface area contributed by atoms with Gasteiger partial charge in [0, 0.05) is 19.1 Å². The molecular weight excluding hydrogens is 220 g/mol. The zero-order valence-corrected chi connectivity index (χ0v) is 10.6. The Morgan fingerprint density at radius 1 is 1.47 bits per heavy atom. The van der Waals surface area contributed by atoms with E-state index in [1.165, 1.54) is 0 Å². The molecule has 1 heterocycles. The van der Waals surface area contributed by atoms with Crippen molar-refractivity contribution >= 4 is 11.8 Å². The minimum atomic E-state index is -0.292. The molecule has 0 aromatic heterocycles. The molecule has 0 bridgehead atoms. The Bertz CT molecular complexity index is 281. The number of rotatable bonds is 4. The number of hydrogen-bond donors (Lipinski definition) is 2. The highest BCUT2D eigenvalue weighted by Gasteiger charge is 2.24. The zero-order valence-electron chi connectivity index (χ0n) is 10.6. The molecule has 1 atom stereocenters. The van der Waals surface area contributed by atoms with Crippen LogP contribution in [0.3, 0.4) is 0 Å². The first-order valence-electron chi connectivity index (χ1n) is 5.95. The molecule has 98 valence electrons. The molecule has 1 unspecified atom stereocenters. The molecule has 6 heteroatoms. The summed E-state index contributed by atoms with van der Waals surface area (Å²) in [6.45, 7) is 1.50. The van der Waals surface area contributed by atoms with Crippen molar-refractivity contribution in [2.45, 2.75) is 18.9 Å². The van der Waals surface area contributed by atoms with Gasteiger partial charge in [0.1, 0.15) is 0 Å². The second-order valence-electron chi connectivity index (χ2n) is 4.58. The predicted octanol–water partition coefficient (Wildman–Crippen LogP) is -1.39. The molecule has 2 amide bonds. The van der Waals surface area contributed by atoms with Crippen molar-refractivity contribution in [3.05, 3.63) is 0 Å². The molecule has 0 aromatic carbocycles. The molecule has 0 spiro atoms. The van der Waals surface area contributed by atoms with E-state index in [0.717, 1.165) is 25.9 Å². The van der Waals surface area contributed by atoms with Crippen LogP contribution in [0.5, 0.6) is 0 Å².